The maximum atomic E-state index is 14.5. The Morgan fingerprint density at radius 2 is 1.60 bits per heavy atom. The third-order valence-electron chi connectivity index (χ3n) is 13.1. The molecule has 2 heterocycles. The average molecular weight is 705 g/mol. The summed E-state index contributed by atoms with van der Waals surface area (Å²) in [5.74, 6) is 2.13. The highest BCUT2D eigenvalue weighted by Gasteiger charge is 2.67. The van der Waals surface area contributed by atoms with Gasteiger partial charge in [-0.1, -0.05) is 79.9 Å². The van der Waals surface area contributed by atoms with Crippen LogP contribution in [0.3, 0.4) is 0 Å². The first-order valence-electron chi connectivity index (χ1n) is 20.3. The molecule has 0 radical (unpaired) electrons. The number of phenols is 1. The molecule has 3 fully saturated rings. The summed E-state index contributed by atoms with van der Waals surface area (Å²) in [5, 5.41) is 11.5. The fourth-order valence-corrected chi connectivity index (χ4v) is 10.6. The first-order chi connectivity index (χ1) is 25.4. The number of piperidine rings is 1. The van der Waals surface area contributed by atoms with Gasteiger partial charge in [0.25, 0.3) is 0 Å². The predicted molar refractivity (Wildman–Crippen MR) is 203 cm³/mol. The van der Waals surface area contributed by atoms with E-state index in [0.29, 0.717) is 36.4 Å². The van der Waals surface area contributed by atoms with Gasteiger partial charge >= 0.3 is 5.97 Å². The molecule has 2 saturated carbocycles. The van der Waals surface area contributed by atoms with E-state index in [-0.39, 0.29) is 29.2 Å². The van der Waals surface area contributed by atoms with Crippen LogP contribution in [-0.4, -0.2) is 64.6 Å². The van der Waals surface area contributed by atoms with Gasteiger partial charge in [-0.05, 0) is 100 Å². The largest absolute Gasteiger partial charge is 0.508 e. The lowest BCUT2D eigenvalue weighted by Crippen LogP contribution is -2.69. The monoisotopic (exact) mass is 704 g/mol. The number of likely N-dealkylation sites (tertiary alicyclic amines) is 1. The zero-order valence-corrected chi connectivity index (χ0v) is 30.9. The first kappa shape index (κ1) is 35.2. The van der Waals surface area contributed by atoms with Crippen LogP contribution in [0.25, 0.3) is 0 Å². The highest BCUT2D eigenvalue weighted by Crippen LogP contribution is 2.66. The highest BCUT2D eigenvalue weighted by molar-refractivity contribution is 5.77. The van der Waals surface area contributed by atoms with Gasteiger partial charge < -0.3 is 19.5 Å². The summed E-state index contributed by atoms with van der Waals surface area (Å²) in [5.41, 5.74) is 4.40. The van der Waals surface area contributed by atoms with E-state index in [1.54, 1.807) is 6.07 Å². The average Bonchev–Trinajstić information content (AvgIpc) is 3.90. The third kappa shape index (κ3) is 6.98. The van der Waals surface area contributed by atoms with Gasteiger partial charge in [0.05, 0.1) is 6.04 Å². The van der Waals surface area contributed by atoms with E-state index in [0.717, 1.165) is 94.3 Å². The van der Waals surface area contributed by atoms with E-state index in [1.165, 1.54) is 43.7 Å². The Bertz CT molecular complexity index is 1720. The van der Waals surface area contributed by atoms with Crippen LogP contribution >= 0.6 is 0 Å². The van der Waals surface area contributed by atoms with Crippen molar-refractivity contribution >= 4 is 11.9 Å². The van der Waals surface area contributed by atoms with Crippen molar-refractivity contribution in [2.24, 2.45) is 11.8 Å². The molecule has 8 rings (SSSR count). The number of unbranched alkanes of at least 4 members (excludes halogenated alkanes) is 4. The van der Waals surface area contributed by atoms with E-state index in [1.807, 2.05) is 0 Å². The van der Waals surface area contributed by atoms with Gasteiger partial charge in [-0.15, -0.1) is 0 Å². The summed E-state index contributed by atoms with van der Waals surface area (Å²) in [6.45, 7) is 4.22. The molecule has 0 unspecified atom stereocenters. The maximum Gasteiger partial charge on any atom is 0.308 e. The van der Waals surface area contributed by atoms with Crippen molar-refractivity contribution in [1.82, 2.24) is 9.80 Å². The van der Waals surface area contributed by atoms with Crippen LogP contribution in [0.1, 0.15) is 106 Å². The molecule has 1 saturated heterocycles. The first-order valence-corrected chi connectivity index (χ1v) is 20.3. The minimum absolute atomic E-state index is 0.0771. The number of carbonyl (C=O) groups excluding carboxylic acids is 2. The van der Waals surface area contributed by atoms with Crippen molar-refractivity contribution < 1.29 is 24.2 Å². The third-order valence-corrected chi connectivity index (χ3v) is 13.1. The molecule has 7 nitrogen and oxygen atoms in total. The Balaban J connectivity index is 1.03. The van der Waals surface area contributed by atoms with Crippen molar-refractivity contribution in [1.29, 1.82) is 0 Å². The summed E-state index contributed by atoms with van der Waals surface area (Å²) in [6.07, 6.45) is 15.0. The number of hydrogen-bond acceptors (Lipinski definition) is 6. The van der Waals surface area contributed by atoms with Crippen LogP contribution in [0.4, 0.5) is 0 Å². The predicted octanol–water partition coefficient (Wildman–Crippen LogP) is 8.18. The number of esters is 1. The smallest absolute Gasteiger partial charge is 0.308 e. The topological polar surface area (TPSA) is 79.3 Å². The van der Waals surface area contributed by atoms with Crippen LogP contribution in [-0.2, 0) is 34.3 Å². The highest BCUT2D eigenvalue weighted by atomic mass is 16.6. The number of phenolic OH excluding ortho intramolecular Hbond substituents is 1. The summed E-state index contributed by atoms with van der Waals surface area (Å²) in [6, 6.07) is 23.1. The molecule has 1 spiro atoms. The van der Waals surface area contributed by atoms with Gasteiger partial charge in [-0.25, -0.2) is 0 Å². The van der Waals surface area contributed by atoms with Gasteiger partial charge in [0, 0.05) is 55.1 Å². The van der Waals surface area contributed by atoms with E-state index < -0.39 is 5.97 Å². The number of ether oxygens (including phenoxy) is 2. The summed E-state index contributed by atoms with van der Waals surface area (Å²) in [7, 11) is 0. The number of carbonyl (C=O) groups is 2. The van der Waals surface area contributed by atoms with Crippen LogP contribution in [0.15, 0.2) is 66.7 Å². The van der Waals surface area contributed by atoms with Gasteiger partial charge in [0.15, 0.2) is 11.5 Å². The fourth-order valence-electron chi connectivity index (χ4n) is 10.6. The van der Waals surface area contributed by atoms with E-state index in [2.05, 4.69) is 70.5 Å². The zero-order valence-electron chi connectivity index (χ0n) is 30.9. The molecule has 5 atom stereocenters. The number of aromatic hydroxyl groups is 1. The molecule has 2 bridgehead atoms. The lowest BCUT2D eigenvalue weighted by molar-refractivity contribution is -0.143. The molecule has 0 aromatic heterocycles. The second kappa shape index (κ2) is 15.3. The number of aryl methyl sites for hydroxylation is 2. The Morgan fingerprint density at radius 1 is 0.904 bits per heavy atom. The Hall–Kier alpha value is -3.84. The molecule has 3 aromatic rings. The minimum Gasteiger partial charge on any atom is -0.508 e. The molecule has 3 aromatic carbocycles. The van der Waals surface area contributed by atoms with E-state index >= 15 is 0 Å². The van der Waals surface area contributed by atoms with Crippen LogP contribution in [0, 0.1) is 11.8 Å². The lowest BCUT2D eigenvalue weighted by Gasteiger charge is -2.60. The molecular formula is C45H56N2O5. The Kier molecular flexibility index (Phi) is 10.3. The summed E-state index contributed by atoms with van der Waals surface area (Å²) >= 11 is 0. The number of benzene rings is 3. The van der Waals surface area contributed by atoms with Gasteiger partial charge in [0.1, 0.15) is 11.9 Å². The minimum atomic E-state index is -0.426. The second-order valence-corrected chi connectivity index (χ2v) is 16.4. The van der Waals surface area contributed by atoms with E-state index in [4.69, 9.17) is 9.47 Å². The van der Waals surface area contributed by atoms with Crippen molar-refractivity contribution in [3.63, 3.8) is 0 Å². The molecule has 52 heavy (non-hydrogen) atoms. The Morgan fingerprint density at radius 3 is 2.31 bits per heavy atom. The van der Waals surface area contributed by atoms with Crippen molar-refractivity contribution in [3.05, 3.63) is 89.0 Å². The van der Waals surface area contributed by atoms with E-state index in [9.17, 15) is 14.7 Å². The summed E-state index contributed by atoms with van der Waals surface area (Å²) < 4.78 is 12.8. The molecule has 2 aliphatic heterocycles. The molecule has 3 aliphatic carbocycles. The number of rotatable bonds is 16. The Labute approximate surface area is 309 Å². The number of nitrogens with zero attached hydrogens (tertiary/aromatic N) is 2. The lowest BCUT2D eigenvalue weighted by atomic mass is 9.50. The molecule has 1 N–H and O–H groups in total. The number of hydrogen-bond donors (Lipinski definition) is 1. The molecule has 1 amide bonds. The van der Waals surface area contributed by atoms with Crippen molar-refractivity contribution in [3.8, 4) is 17.2 Å². The molecular weight excluding hydrogens is 649 g/mol. The maximum absolute atomic E-state index is 14.5. The quantitative estimate of drug-likeness (QED) is 0.0921. The zero-order chi connectivity index (χ0) is 35.7. The fraction of sp³-hybridized carbons (Fsp3) is 0.556. The normalized spacial score (nSPS) is 25.6. The molecule has 5 aliphatic rings. The second-order valence-electron chi connectivity index (χ2n) is 16.4. The summed E-state index contributed by atoms with van der Waals surface area (Å²) in [4.78, 5) is 31.7. The van der Waals surface area contributed by atoms with Gasteiger partial charge in [-0.2, -0.15) is 0 Å². The van der Waals surface area contributed by atoms with Gasteiger partial charge in [0.2, 0.25) is 5.91 Å². The molecule has 7 heteroatoms. The number of amides is 1. The molecule has 276 valence electrons. The SMILES string of the molecule is CC(=O)Oc1cc(O)c2c3c1O[C@H]1[C@H](N(CCCc4ccccc4)C(=O)CCCCCCCc4ccccc4)CC[C@H]4[C@@H](C2)N(CC2CC2)CC[C@@]341. The van der Waals surface area contributed by atoms with Crippen LogP contribution in [0.5, 0.6) is 17.2 Å². The van der Waals surface area contributed by atoms with Gasteiger partial charge in [-0.3, -0.25) is 14.5 Å². The van der Waals surface area contributed by atoms with Crippen molar-refractivity contribution in [2.45, 2.75) is 127 Å². The van der Waals surface area contributed by atoms with Crippen LogP contribution in [0.2, 0.25) is 0 Å². The van der Waals surface area contributed by atoms with Crippen LogP contribution < -0.4 is 9.47 Å². The standard InChI is InChI=1S/C45H56N2O5/c1-31(48)51-40-29-39(49)35-28-38-36-23-24-37(44-45(36,42(35)43(40)52-44)25-27-46(38)30-34-21-22-34)47(26-13-19-33-17-10-6-11-18-33)41(50)20-12-4-2-3-7-14-32-15-8-5-9-16-32/h5-6,8-11,15-18,29,34,36-38,44,49H,2-4,7,12-14,19-28,30H2,1H3/t36-,37+,38+,44-,45-/m0/s1. The van der Waals surface area contributed by atoms with Crippen molar-refractivity contribution in [2.75, 3.05) is 19.6 Å².